The number of fused-ring (bicyclic) bond motifs is 2. The molecule has 8 atom stereocenters. The fourth-order valence-electron chi connectivity index (χ4n) is 8.14. The minimum absolute atomic E-state index is 0.0419. The van der Waals surface area contributed by atoms with E-state index in [0.29, 0.717) is 29.1 Å². The molecule has 4 N–H and O–H groups in total. The van der Waals surface area contributed by atoms with Crippen molar-refractivity contribution in [1.29, 1.82) is 0 Å². The molecule has 11 heteroatoms. The van der Waals surface area contributed by atoms with Crippen LogP contribution >= 0.6 is 0 Å². The Morgan fingerprint density at radius 3 is 2.50 bits per heavy atom. The van der Waals surface area contributed by atoms with Crippen LogP contribution in [0.2, 0.25) is 0 Å². The van der Waals surface area contributed by atoms with Crippen molar-refractivity contribution >= 4 is 17.5 Å². The molecule has 0 unspecified atom stereocenters. The van der Waals surface area contributed by atoms with Gasteiger partial charge in [-0.1, -0.05) is 39.0 Å². The number of methoxy groups -OCH3 is 1. The number of anilines is 1. The quantitative estimate of drug-likeness (QED) is 0.274. The minimum Gasteiger partial charge on any atom is -0.496 e. The van der Waals surface area contributed by atoms with Gasteiger partial charge in [0.25, 0.3) is 5.91 Å². The van der Waals surface area contributed by atoms with Crippen molar-refractivity contribution in [1.82, 2.24) is 15.9 Å². The zero-order valence-corrected chi connectivity index (χ0v) is 28.2. The standard InChI is InChI=1S/C35H50N4O7/c1-19-27-15-24(35(27,3)4)16-28(19)36-34(43)31-30(20(2)41)29(18-40)46-39(31)17-21-10-9-11-26(32(21)44-7)22-12-23(33(42)37-45-8)14-25(13-22)38(5)6/h9-14,19-20,24,27-31,40-41H,15-18H2,1-8H3,(H,36,43)(H,37,42)/t19-,20-,24+,27+,28-,29-,30+,31-/m0/s1. The predicted octanol–water partition coefficient (Wildman–Crippen LogP) is 3.38. The molecule has 4 aliphatic rings. The Hall–Kier alpha value is -3.22. The summed E-state index contributed by atoms with van der Waals surface area (Å²) in [6, 6.07) is 10.4. The fraction of sp³-hybridized carbons (Fsp3) is 0.600. The predicted molar refractivity (Wildman–Crippen MR) is 175 cm³/mol. The van der Waals surface area contributed by atoms with Crippen LogP contribution in [0.3, 0.4) is 0 Å². The summed E-state index contributed by atoms with van der Waals surface area (Å²) >= 11 is 0. The highest BCUT2D eigenvalue weighted by molar-refractivity contribution is 5.96. The minimum atomic E-state index is -0.896. The number of aliphatic hydroxyl groups excluding tert-OH is 2. The van der Waals surface area contributed by atoms with Gasteiger partial charge in [-0.25, -0.2) is 5.48 Å². The molecule has 3 aliphatic carbocycles. The molecule has 1 heterocycles. The summed E-state index contributed by atoms with van der Waals surface area (Å²) in [6.07, 6.45) is 0.486. The SMILES string of the molecule is CONC(=O)c1cc(-c2cccc(CN3O[C@@H](CO)[C@@H]([C@H](C)O)[C@H]3C(=O)N[C@H]3C[C@H]4C[C@H]([C@@H]3C)C4(C)C)c2OC)cc(N(C)C)c1. The number of rotatable bonds is 11. The van der Waals surface area contributed by atoms with Gasteiger partial charge in [-0.3, -0.25) is 19.3 Å². The van der Waals surface area contributed by atoms with E-state index < -0.39 is 24.2 Å². The lowest BCUT2D eigenvalue weighted by atomic mass is 9.45. The van der Waals surface area contributed by atoms with Gasteiger partial charge in [0.05, 0.1) is 33.5 Å². The van der Waals surface area contributed by atoms with E-state index in [2.05, 4.69) is 31.6 Å². The first-order chi connectivity index (χ1) is 21.8. The first-order valence-electron chi connectivity index (χ1n) is 16.2. The maximum absolute atomic E-state index is 14.1. The Morgan fingerprint density at radius 1 is 1.17 bits per heavy atom. The number of nitrogens with zero attached hydrogens (tertiary/aromatic N) is 2. The lowest BCUT2D eigenvalue weighted by Crippen LogP contribution is -2.62. The van der Waals surface area contributed by atoms with E-state index in [1.165, 1.54) is 13.5 Å². The van der Waals surface area contributed by atoms with Crippen LogP contribution < -0.4 is 20.4 Å². The molecule has 0 spiro atoms. The van der Waals surface area contributed by atoms with Gasteiger partial charge in [0.2, 0.25) is 5.91 Å². The van der Waals surface area contributed by atoms with Crippen molar-refractivity contribution in [2.24, 2.45) is 29.1 Å². The summed E-state index contributed by atoms with van der Waals surface area (Å²) in [7, 11) is 6.76. The second-order valence-electron chi connectivity index (χ2n) is 14.0. The molecule has 0 aromatic heterocycles. The average molecular weight is 639 g/mol. The maximum atomic E-state index is 14.1. The molecule has 2 aromatic carbocycles. The summed E-state index contributed by atoms with van der Waals surface area (Å²) in [4.78, 5) is 39.8. The number of hydrogen-bond acceptors (Lipinski definition) is 9. The van der Waals surface area contributed by atoms with Crippen molar-refractivity contribution in [2.75, 3.05) is 39.8 Å². The monoisotopic (exact) mass is 638 g/mol. The van der Waals surface area contributed by atoms with Crippen LogP contribution in [0.25, 0.3) is 11.1 Å². The number of aliphatic hydroxyl groups is 2. The van der Waals surface area contributed by atoms with E-state index >= 15 is 0 Å². The third kappa shape index (κ3) is 6.23. The van der Waals surface area contributed by atoms with Crippen molar-refractivity contribution in [3.63, 3.8) is 0 Å². The summed E-state index contributed by atoms with van der Waals surface area (Å²) < 4.78 is 5.96. The molecular formula is C35H50N4O7. The van der Waals surface area contributed by atoms with Crippen LogP contribution in [-0.4, -0.2) is 86.3 Å². The lowest BCUT2D eigenvalue weighted by molar-refractivity contribution is -0.183. The van der Waals surface area contributed by atoms with Gasteiger partial charge in [-0.2, -0.15) is 5.06 Å². The third-order valence-electron chi connectivity index (χ3n) is 10.9. The molecule has 1 aliphatic heterocycles. The Balaban J connectivity index is 1.46. The molecule has 4 fully saturated rings. The van der Waals surface area contributed by atoms with Crippen LogP contribution in [0, 0.1) is 29.1 Å². The van der Waals surface area contributed by atoms with Crippen molar-refractivity contribution < 1.29 is 34.2 Å². The average Bonchev–Trinajstić information content (AvgIpc) is 3.40. The van der Waals surface area contributed by atoms with Crippen LogP contribution in [0.1, 0.15) is 56.5 Å². The molecule has 46 heavy (non-hydrogen) atoms. The molecule has 2 amide bonds. The number of benzene rings is 2. The molecule has 2 bridgehead atoms. The summed E-state index contributed by atoms with van der Waals surface area (Å²) in [5.41, 5.74) is 6.15. The summed E-state index contributed by atoms with van der Waals surface area (Å²) in [5.74, 6) is 0.806. The Kier molecular flexibility index (Phi) is 10.0. The van der Waals surface area contributed by atoms with E-state index in [1.54, 1.807) is 31.2 Å². The Morgan fingerprint density at radius 2 is 1.91 bits per heavy atom. The number of carbonyl (C=O) groups excluding carboxylic acids is 2. The molecule has 3 saturated carbocycles. The van der Waals surface area contributed by atoms with E-state index in [1.807, 2.05) is 43.3 Å². The van der Waals surface area contributed by atoms with E-state index in [0.717, 1.165) is 28.8 Å². The molecule has 252 valence electrons. The molecule has 6 rings (SSSR count). The topological polar surface area (TPSA) is 133 Å². The van der Waals surface area contributed by atoms with Gasteiger partial charge in [0.15, 0.2) is 0 Å². The highest BCUT2D eigenvalue weighted by Crippen LogP contribution is 2.61. The molecule has 0 radical (unpaired) electrons. The highest BCUT2D eigenvalue weighted by atomic mass is 16.7. The Labute approximate surface area is 272 Å². The maximum Gasteiger partial charge on any atom is 0.274 e. The zero-order chi connectivity index (χ0) is 33.5. The van der Waals surface area contributed by atoms with Crippen molar-refractivity contribution in [3.05, 3.63) is 47.5 Å². The molecular weight excluding hydrogens is 588 g/mol. The number of amides is 2. The van der Waals surface area contributed by atoms with Gasteiger partial charge >= 0.3 is 0 Å². The first kappa shape index (κ1) is 34.1. The molecule has 11 nitrogen and oxygen atoms in total. The number of hydroxylamine groups is 3. The smallest absolute Gasteiger partial charge is 0.274 e. The van der Waals surface area contributed by atoms with E-state index in [9.17, 15) is 19.8 Å². The molecule has 2 aromatic rings. The first-order valence-corrected chi connectivity index (χ1v) is 16.2. The second kappa shape index (κ2) is 13.5. The number of nitrogens with one attached hydrogen (secondary N) is 2. The van der Waals surface area contributed by atoms with Crippen LogP contribution in [0.5, 0.6) is 5.75 Å². The van der Waals surface area contributed by atoms with Gasteiger partial charge in [0, 0.05) is 48.4 Å². The number of hydrogen-bond donors (Lipinski definition) is 4. The summed E-state index contributed by atoms with van der Waals surface area (Å²) in [5, 5.41) is 26.0. The van der Waals surface area contributed by atoms with Crippen molar-refractivity contribution in [3.8, 4) is 16.9 Å². The van der Waals surface area contributed by atoms with Crippen LogP contribution in [-0.2, 0) is 21.0 Å². The van der Waals surface area contributed by atoms with Gasteiger partial charge in [0.1, 0.15) is 17.9 Å². The Bertz CT molecular complexity index is 1430. The largest absolute Gasteiger partial charge is 0.496 e. The summed E-state index contributed by atoms with van der Waals surface area (Å²) in [6.45, 7) is 8.35. The normalized spacial score (nSPS) is 29.0. The van der Waals surface area contributed by atoms with E-state index in [4.69, 9.17) is 14.4 Å². The second-order valence-corrected chi connectivity index (χ2v) is 14.0. The zero-order valence-electron chi connectivity index (χ0n) is 28.2. The fourth-order valence-corrected chi connectivity index (χ4v) is 8.14. The number of para-hydroxylation sites is 1. The third-order valence-corrected chi connectivity index (χ3v) is 10.9. The van der Waals surface area contributed by atoms with Crippen LogP contribution in [0.15, 0.2) is 36.4 Å². The molecule has 1 saturated heterocycles. The number of ether oxygens (including phenoxy) is 1. The van der Waals surface area contributed by atoms with E-state index in [-0.39, 0.29) is 36.4 Å². The van der Waals surface area contributed by atoms with Crippen LogP contribution in [0.4, 0.5) is 5.69 Å². The van der Waals surface area contributed by atoms with Gasteiger partial charge in [-0.05, 0) is 66.7 Å². The highest BCUT2D eigenvalue weighted by Gasteiger charge is 2.57. The lowest BCUT2D eigenvalue weighted by Gasteiger charge is -2.62. The number of carbonyl (C=O) groups is 2. The van der Waals surface area contributed by atoms with Gasteiger partial charge in [-0.15, -0.1) is 0 Å². The van der Waals surface area contributed by atoms with Gasteiger partial charge < -0.3 is 25.2 Å². The van der Waals surface area contributed by atoms with Crippen molar-refractivity contribution in [2.45, 2.75) is 71.4 Å².